The van der Waals surface area contributed by atoms with Crippen LogP contribution in [-0.2, 0) is 0 Å². The average molecular weight is 281 g/mol. The summed E-state index contributed by atoms with van der Waals surface area (Å²) in [4.78, 5) is 2.05. The van der Waals surface area contributed by atoms with Gasteiger partial charge in [0.2, 0.25) is 0 Å². The van der Waals surface area contributed by atoms with E-state index in [1.165, 1.54) is 0 Å². The van der Waals surface area contributed by atoms with E-state index >= 15 is 0 Å². The van der Waals surface area contributed by atoms with Crippen molar-refractivity contribution in [3.8, 4) is 0 Å². The Balaban J connectivity index is 2.52. The largest absolute Gasteiger partial charge is 0.389 e. The molecule has 0 spiro atoms. The lowest BCUT2D eigenvalue weighted by atomic mass is 9.91. The van der Waals surface area contributed by atoms with Crippen LogP contribution in [-0.4, -0.2) is 49.8 Å². The third-order valence-corrected chi connectivity index (χ3v) is 3.39. The molecule has 1 heterocycles. The molecule has 0 aromatic heterocycles. The number of nitrogens with two attached hydrogens (primary N) is 1. The summed E-state index contributed by atoms with van der Waals surface area (Å²) in [6.07, 6.45) is -4.15. The summed E-state index contributed by atoms with van der Waals surface area (Å²) >= 11 is 0. The molecule has 1 aliphatic rings. The summed E-state index contributed by atoms with van der Waals surface area (Å²) in [7, 11) is 0. The molecule has 0 bridgehead atoms. The van der Waals surface area contributed by atoms with Gasteiger partial charge >= 0.3 is 6.18 Å². The fourth-order valence-electron chi connectivity index (χ4n) is 2.69. The maximum Gasteiger partial charge on any atom is 0.389 e. The van der Waals surface area contributed by atoms with Crippen LogP contribution in [0, 0.1) is 11.8 Å². The smallest absolute Gasteiger partial charge is 0.329 e. The van der Waals surface area contributed by atoms with E-state index in [4.69, 9.17) is 5.73 Å². The fraction of sp³-hybridized carbons (Fsp3) is 1.00. The molecular formula is C13H26F3N3. The molecule has 19 heavy (non-hydrogen) atoms. The van der Waals surface area contributed by atoms with Crippen molar-refractivity contribution in [2.75, 3.05) is 32.7 Å². The molecule has 0 aliphatic carbocycles. The summed E-state index contributed by atoms with van der Waals surface area (Å²) in [5, 5.41) is 3.38. The quantitative estimate of drug-likeness (QED) is 0.780. The second-order valence-corrected chi connectivity index (χ2v) is 5.97. The number of nitrogens with zero attached hydrogens (tertiary/aromatic N) is 1. The molecule has 1 aliphatic heterocycles. The van der Waals surface area contributed by atoms with E-state index in [0.29, 0.717) is 32.0 Å². The molecule has 6 heteroatoms. The summed E-state index contributed by atoms with van der Waals surface area (Å²) < 4.78 is 37.6. The molecule has 1 rings (SSSR count). The predicted molar refractivity (Wildman–Crippen MR) is 70.9 cm³/mol. The van der Waals surface area contributed by atoms with Crippen molar-refractivity contribution >= 4 is 0 Å². The Bertz CT molecular complexity index is 256. The first-order chi connectivity index (χ1) is 8.80. The summed E-state index contributed by atoms with van der Waals surface area (Å²) in [5.41, 5.74) is 5.52. The van der Waals surface area contributed by atoms with Crippen LogP contribution >= 0.6 is 0 Å². The van der Waals surface area contributed by atoms with Crippen molar-refractivity contribution in [2.24, 2.45) is 17.6 Å². The predicted octanol–water partition coefficient (Wildman–Crippen LogP) is 1.83. The zero-order chi connectivity index (χ0) is 14.5. The van der Waals surface area contributed by atoms with E-state index in [2.05, 4.69) is 24.1 Å². The highest BCUT2D eigenvalue weighted by atomic mass is 19.4. The van der Waals surface area contributed by atoms with E-state index in [-0.39, 0.29) is 12.0 Å². The van der Waals surface area contributed by atoms with Crippen LogP contribution in [0.3, 0.4) is 0 Å². The number of hydrogen-bond acceptors (Lipinski definition) is 3. The Morgan fingerprint density at radius 1 is 1.32 bits per heavy atom. The number of hydrogen-bond donors (Lipinski definition) is 2. The van der Waals surface area contributed by atoms with Gasteiger partial charge in [-0.25, -0.2) is 0 Å². The Kier molecular flexibility index (Phi) is 6.56. The molecule has 3 N–H and O–H groups in total. The van der Waals surface area contributed by atoms with Crippen LogP contribution in [0.1, 0.15) is 26.7 Å². The highest BCUT2D eigenvalue weighted by Gasteiger charge is 2.36. The molecule has 0 aromatic carbocycles. The summed E-state index contributed by atoms with van der Waals surface area (Å²) in [6.45, 7) is 7.53. The molecule has 0 amide bonds. The molecule has 1 fully saturated rings. The molecule has 0 aromatic rings. The minimum atomic E-state index is -4.07. The molecular weight excluding hydrogens is 255 g/mol. The average Bonchev–Trinajstić information content (AvgIpc) is 2.24. The molecule has 2 unspecified atom stereocenters. The second-order valence-electron chi connectivity index (χ2n) is 5.97. The van der Waals surface area contributed by atoms with Gasteiger partial charge in [-0.05, 0) is 24.8 Å². The van der Waals surface area contributed by atoms with Crippen molar-refractivity contribution < 1.29 is 13.2 Å². The van der Waals surface area contributed by atoms with Crippen LogP contribution in [0.5, 0.6) is 0 Å². The van der Waals surface area contributed by atoms with Gasteiger partial charge in [-0.15, -0.1) is 0 Å². The highest BCUT2D eigenvalue weighted by Crippen LogP contribution is 2.30. The molecule has 0 radical (unpaired) electrons. The number of halogens is 3. The van der Waals surface area contributed by atoms with E-state index in [1.807, 2.05) is 0 Å². The van der Waals surface area contributed by atoms with Gasteiger partial charge in [-0.2, -0.15) is 13.2 Å². The van der Waals surface area contributed by atoms with Crippen LogP contribution in [0.25, 0.3) is 0 Å². The van der Waals surface area contributed by atoms with Gasteiger partial charge in [-0.3, -0.25) is 0 Å². The van der Waals surface area contributed by atoms with Crippen LogP contribution in [0.2, 0.25) is 0 Å². The second kappa shape index (κ2) is 7.45. The van der Waals surface area contributed by atoms with Gasteiger partial charge < -0.3 is 16.0 Å². The first-order valence-corrected chi connectivity index (χ1v) is 7.02. The summed E-state index contributed by atoms with van der Waals surface area (Å²) in [5.74, 6) is 0.191. The number of rotatable bonds is 6. The maximum atomic E-state index is 12.5. The zero-order valence-corrected chi connectivity index (χ0v) is 11.8. The lowest BCUT2D eigenvalue weighted by Gasteiger charge is -2.38. The lowest BCUT2D eigenvalue weighted by Crippen LogP contribution is -2.51. The van der Waals surface area contributed by atoms with Crippen molar-refractivity contribution in [1.29, 1.82) is 0 Å². The minimum absolute atomic E-state index is 0.148. The van der Waals surface area contributed by atoms with Crippen molar-refractivity contribution in [2.45, 2.75) is 38.9 Å². The van der Waals surface area contributed by atoms with Crippen molar-refractivity contribution in [3.05, 3.63) is 0 Å². The van der Waals surface area contributed by atoms with Crippen LogP contribution in [0.4, 0.5) is 13.2 Å². The topological polar surface area (TPSA) is 41.3 Å². The standard InChI is InChI=1S/C13H26F3N3/c1-10(2)7-18-12-5-11(6-13(14,15)16)8-19(9-12)4-3-17/h10-12,18H,3-9,17H2,1-2H3. The Morgan fingerprint density at radius 3 is 2.53 bits per heavy atom. The Labute approximate surface area is 113 Å². The van der Waals surface area contributed by atoms with Crippen molar-refractivity contribution in [1.82, 2.24) is 10.2 Å². The van der Waals surface area contributed by atoms with Crippen LogP contribution < -0.4 is 11.1 Å². The number of piperidine rings is 1. The van der Waals surface area contributed by atoms with E-state index in [1.54, 1.807) is 0 Å². The van der Waals surface area contributed by atoms with Crippen molar-refractivity contribution in [3.63, 3.8) is 0 Å². The zero-order valence-electron chi connectivity index (χ0n) is 11.8. The third-order valence-electron chi connectivity index (χ3n) is 3.39. The van der Waals surface area contributed by atoms with E-state index < -0.39 is 12.6 Å². The maximum absolute atomic E-state index is 12.5. The normalized spacial score (nSPS) is 26.1. The monoisotopic (exact) mass is 281 g/mol. The Hall–Kier alpha value is -0.330. The van der Waals surface area contributed by atoms with Crippen LogP contribution in [0.15, 0.2) is 0 Å². The van der Waals surface area contributed by atoms with Gasteiger partial charge in [-0.1, -0.05) is 13.8 Å². The van der Waals surface area contributed by atoms with E-state index in [0.717, 1.165) is 13.1 Å². The summed E-state index contributed by atoms with van der Waals surface area (Å²) in [6, 6.07) is 0.148. The Morgan fingerprint density at radius 2 is 2.00 bits per heavy atom. The van der Waals surface area contributed by atoms with E-state index in [9.17, 15) is 13.2 Å². The van der Waals surface area contributed by atoms with Gasteiger partial charge in [0.1, 0.15) is 0 Å². The third kappa shape index (κ3) is 7.13. The van der Waals surface area contributed by atoms with Gasteiger partial charge in [0.15, 0.2) is 0 Å². The molecule has 1 saturated heterocycles. The highest BCUT2D eigenvalue weighted by molar-refractivity contribution is 4.85. The van der Waals surface area contributed by atoms with Gasteiger partial charge in [0.05, 0.1) is 0 Å². The number of likely N-dealkylation sites (tertiary alicyclic amines) is 1. The number of alkyl halides is 3. The lowest BCUT2D eigenvalue weighted by molar-refractivity contribution is -0.148. The molecule has 114 valence electrons. The SMILES string of the molecule is CC(C)CNC1CC(CC(F)(F)F)CN(CCN)C1. The fourth-order valence-corrected chi connectivity index (χ4v) is 2.69. The molecule has 0 saturated carbocycles. The minimum Gasteiger partial charge on any atom is -0.329 e. The first-order valence-electron chi connectivity index (χ1n) is 7.02. The van der Waals surface area contributed by atoms with Gasteiger partial charge in [0, 0.05) is 38.6 Å². The molecule has 3 nitrogen and oxygen atoms in total. The van der Waals surface area contributed by atoms with Gasteiger partial charge in [0.25, 0.3) is 0 Å². The number of nitrogens with one attached hydrogen (secondary N) is 1. The first kappa shape index (κ1) is 16.7. The molecule has 2 atom stereocenters.